The van der Waals surface area contributed by atoms with E-state index in [4.69, 9.17) is 4.74 Å². The van der Waals surface area contributed by atoms with Crippen molar-refractivity contribution in [1.82, 2.24) is 14.8 Å². The summed E-state index contributed by atoms with van der Waals surface area (Å²) in [6.07, 6.45) is 4.13. The number of carbonyl (C=O) groups excluding carboxylic acids is 1. The molecule has 1 aromatic carbocycles. The highest BCUT2D eigenvalue weighted by atomic mass is 16.5. The quantitative estimate of drug-likeness (QED) is 0.639. The number of nitrogens with zero attached hydrogens (tertiary/aromatic N) is 4. The van der Waals surface area contributed by atoms with Gasteiger partial charge < -0.3 is 14.5 Å². The first-order valence-electron chi connectivity index (χ1n) is 12.4. The third-order valence-corrected chi connectivity index (χ3v) is 6.96. The fraction of sp³-hybridized carbons (Fsp3) is 0.556. The van der Waals surface area contributed by atoms with Crippen molar-refractivity contribution >= 4 is 11.7 Å². The highest BCUT2D eigenvalue weighted by molar-refractivity contribution is 5.78. The lowest BCUT2D eigenvalue weighted by atomic mass is 9.97. The van der Waals surface area contributed by atoms with Crippen molar-refractivity contribution in [3.05, 3.63) is 53.7 Å². The van der Waals surface area contributed by atoms with E-state index in [2.05, 4.69) is 52.9 Å². The molecule has 1 aromatic heterocycles. The summed E-state index contributed by atoms with van der Waals surface area (Å²) < 4.78 is 5.97. The smallest absolute Gasteiger partial charge is 0.260 e. The lowest BCUT2D eigenvalue weighted by Crippen LogP contribution is -2.50. The molecule has 0 saturated carbocycles. The molecule has 178 valence electrons. The molecule has 0 aliphatic carbocycles. The second kappa shape index (κ2) is 11.0. The number of rotatable bonds is 7. The van der Waals surface area contributed by atoms with Gasteiger partial charge in [0, 0.05) is 52.0 Å². The lowest BCUT2D eigenvalue weighted by Gasteiger charge is -2.39. The van der Waals surface area contributed by atoms with Crippen LogP contribution in [0.4, 0.5) is 5.82 Å². The molecule has 6 nitrogen and oxygen atoms in total. The van der Waals surface area contributed by atoms with Gasteiger partial charge in [0.15, 0.2) is 6.61 Å². The zero-order chi connectivity index (χ0) is 23.2. The van der Waals surface area contributed by atoms with Crippen molar-refractivity contribution in [1.29, 1.82) is 0 Å². The minimum Gasteiger partial charge on any atom is -0.483 e. The van der Waals surface area contributed by atoms with Crippen molar-refractivity contribution in [2.75, 3.05) is 57.3 Å². The van der Waals surface area contributed by atoms with E-state index in [-0.39, 0.29) is 12.5 Å². The number of aromatic nitrogens is 1. The maximum Gasteiger partial charge on any atom is 0.260 e. The van der Waals surface area contributed by atoms with Crippen molar-refractivity contribution in [2.45, 2.75) is 39.5 Å². The maximum atomic E-state index is 12.9. The van der Waals surface area contributed by atoms with Crippen LogP contribution in [-0.4, -0.2) is 73.1 Å². The van der Waals surface area contributed by atoms with Gasteiger partial charge in [-0.25, -0.2) is 4.98 Å². The average molecular weight is 451 g/mol. The maximum absolute atomic E-state index is 12.9. The highest BCUT2D eigenvalue weighted by Crippen LogP contribution is 2.25. The Morgan fingerprint density at radius 3 is 2.67 bits per heavy atom. The van der Waals surface area contributed by atoms with Gasteiger partial charge in [-0.15, -0.1) is 0 Å². The number of piperidine rings is 1. The van der Waals surface area contributed by atoms with Gasteiger partial charge in [0.2, 0.25) is 0 Å². The second-order valence-corrected chi connectivity index (χ2v) is 9.79. The summed E-state index contributed by atoms with van der Waals surface area (Å²) in [5.74, 6) is 2.98. The highest BCUT2D eigenvalue weighted by Gasteiger charge is 2.27. The Kier molecular flexibility index (Phi) is 7.86. The van der Waals surface area contributed by atoms with Crippen molar-refractivity contribution in [2.24, 2.45) is 5.92 Å². The Morgan fingerprint density at radius 2 is 1.94 bits per heavy atom. The van der Waals surface area contributed by atoms with Crippen LogP contribution >= 0.6 is 0 Å². The number of amides is 1. The van der Waals surface area contributed by atoms with Crippen LogP contribution in [0, 0.1) is 12.8 Å². The minimum atomic E-state index is 0.106. The van der Waals surface area contributed by atoms with Gasteiger partial charge in [-0.05, 0) is 60.9 Å². The summed E-state index contributed by atoms with van der Waals surface area (Å²) in [5, 5.41) is 0. The summed E-state index contributed by atoms with van der Waals surface area (Å²) in [5.41, 5.74) is 2.32. The molecule has 6 heteroatoms. The number of benzene rings is 1. The van der Waals surface area contributed by atoms with E-state index in [1.807, 2.05) is 30.2 Å². The fourth-order valence-electron chi connectivity index (χ4n) is 4.87. The number of pyridine rings is 1. The summed E-state index contributed by atoms with van der Waals surface area (Å²) in [7, 11) is 0. The van der Waals surface area contributed by atoms with Crippen molar-refractivity contribution in [3.63, 3.8) is 0 Å². The summed E-state index contributed by atoms with van der Waals surface area (Å²) >= 11 is 0. The molecule has 3 heterocycles. The number of hydrogen-bond acceptors (Lipinski definition) is 5. The minimum absolute atomic E-state index is 0.106. The average Bonchev–Trinajstić information content (AvgIpc) is 2.84. The molecule has 2 saturated heterocycles. The molecule has 33 heavy (non-hydrogen) atoms. The number of anilines is 1. The SMILES string of the molecule is Cc1ccc(C(C)C)cc1OCC(=O)N1CCCC(CN2CCN(c3ccccn3)CC2)C1. The number of ether oxygens (including phenoxy) is 1. The van der Waals surface area contributed by atoms with Gasteiger partial charge in [0.1, 0.15) is 11.6 Å². The third-order valence-electron chi connectivity index (χ3n) is 6.96. The normalized spacial score (nSPS) is 19.7. The summed E-state index contributed by atoms with van der Waals surface area (Å²) in [6.45, 7) is 13.4. The van der Waals surface area contributed by atoms with E-state index < -0.39 is 0 Å². The monoisotopic (exact) mass is 450 g/mol. The third kappa shape index (κ3) is 6.26. The van der Waals surface area contributed by atoms with Crippen molar-refractivity contribution in [3.8, 4) is 5.75 Å². The molecular formula is C27H38N4O2. The molecule has 4 rings (SSSR count). The van der Waals surface area contributed by atoms with Crippen LogP contribution in [0.5, 0.6) is 5.75 Å². The van der Waals surface area contributed by atoms with E-state index in [0.717, 1.165) is 69.4 Å². The van der Waals surface area contributed by atoms with E-state index in [9.17, 15) is 4.79 Å². The van der Waals surface area contributed by atoms with Crippen LogP contribution in [0.25, 0.3) is 0 Å². The first kappa shape index (κ1) is 23.6. The van der Waals surface area contributed by atoms with E-state index in [1.165, 1.54) is 12.0 Å². The predicted molar refractivity (Wildman–Crippen MR) is 133 cm³/mol. The molecule has 1 amide bonds. The van der Waals surface area contributed by atoms with Crippen LogP contribution in [0.15, 0.2) is 42.6 Å². The zero-order valence-corrected chi connectivity index (χ0v) is 20.4. The molecule has 0 bridgehead atoms. The Hall–Kier alpha value is -2.60. The summed E-state index contributed by atoms with van der Waals surface area (Å²) in [4.78, 5) is 24.3. The van der Waals surface area contributed by atoms with Gasteiger partial charge in [-0.3, -0.25) is 9.69 Å². The standard InChI is InChI=1S/C27H38N4O2/c1-21(2)24-10-9-22(3)25(17-24)33-20-27(32)31-12-6-7-23(19-31)18-29-13-15-30(16-14-29)26-8-4-5-11-28-26/h4-5,8-11,17,21,23H,6-7,12-16,18-20H2,1-3H3. The Bertz CT molecular complexity index is 910. The molecule has 2 aliphatic heterocycles. The predicted octanol–water partition coefficient (Wildman–Crippen LogP) is 3.95. The molecule has 2 aromatic rings. The fourth-order valence-corrected chi connectivity index (χ4v) is 4.87. The summed E-state index contributed by atoms with van der Waals surface area (Å²) in [6, 6.07) is 12.4. The lowest BCUT2D eigenvalue weighted by molar-refractivity contribution is -0.135. The number of aryl methyl sites for hydroxylation is 1. The van der Waals surface area contributed by atoms with Crippen LogP contribution in [0.2, 0.25) is 0 Å². The second-order valence-electron chi connectivity index (χ2n) is 9.79. The molecule has 0 radical (unpaired) electrons. The first-order chi connectivity index (χ1) is 16.0. The molecular weight excluding hydrogens is 412 g/mol. The van der Waals surface area contributed by atoms with Gasteiger partial charge in [-0.1, -0.05) is 32.0 Å². The number of carbonyl (C=O) groups is 1. The van der Waals surface area contributed by atoms with Crippen LogP contribution in [0.3, 0.4) is 0 Å². The Labute approximate surface area is 198 Å². The molecule has 1 atom stereocenters. The molecule has 2 fully saturated rings. The van der Waals surface area contributed by atoms with E-state index in [0.29, 0.717) is 11.8 Å². The van der Waals surface area contributed by atoms with Gasteiger partial charge in [0.05, 0.1) is 0 Å². The number of likely N-dealkylation sites (tertiary alicyclic amines) is 1. The number of hydrogen-bond donors (Lipinski definition) is 0. The Balaban J connectivity index is 1.24. The van der Waals surface area contributed by atoms with Gasteiger partial charge in [0.25, 0.3) is 5.91 Å². The van der Waals surface area contributed by atoms with Gasteiger partial charge in [-0.2, -0.15) is 0 Å². The van der Waals surface area contributed by atoms with Crippen LogP contribution in [-0.2, 0) is 4.79 Å². The molecule has 2 aliphatic rings. The Morgan fingerprint density at radius 1 is 1.12 bits per heavy atom. The topological polar surface area (TPSA) is 48.9 Å². The van der Waals surface area contributed by atoms with Gasteiger partial charge >= 0.3 is 0 Å². The molecule has 1 unspecified atom stereocenters. The van der Waals surface area contributed by atoms with Crippen molar-refractivity contribution < 1.29 is 9.53 Å². The van der Waals surface area contributed by atoms with E-state index in [1.54, 1.807) is 0 Å². The first-order valence-corrected chi connectivity index (χ1v) is 12.4. The zero-order valence-electron chi connectivity index (χ0n) is 20.4. The molecule has 0 spiro atoms. The van der Waals surface area contributed by atoms with Crippen LogP contribution in [0.1, 0.15) is 43.7 Å². The van der Waals surface area contributed by atoms with Crippen LogP contribution < -0.4 is 9.64 Å². The largest absolute Gasteiger partial charge is 0.483 e. The molecule has 0 N–H and O–H groups in total. The number of piperazine rings is 1. The van der Waals surface area contributed by atoms with E-state index >= 15 is 0 Å².